The molecule has 0 aromatic heterocycles. The van der Waals surface area contributed by atoms with Gasteiger partial charge in [0.2, 0.25) is 0 Å². The minimum atomic E-state index is -0.441. The van der Waals surface area contributed by atoms with Gasteiger partial charge in [0.1, 0.15) is 5.60 Å². The molecule has 0 spiro atoms. The van der Waals surface area contributed by atoms with Gasteiger partial charge in [-0.05, 0) is 64.2 Å². The molecule has 2 fully saturated rings. The van der Waals surface area contributed by atoms with E-state index in [4.69, 9.17) is 4.74 Å². The predicted octanol–water partition coefficient (Wildman–Crippen LogP) is 4.36. The molecule has 0 saturated carbocycles. The van der Waals surface area contributed by atoms with Crippen LogP contribution >= 0.6 is 0 Å². The van der Waals surface area contributed by atoms with E-state index < -0.39 is 5.60 Å². The maximum atomic E-state index is 12.4. The Balaban J connectivity index is 1.70. The van der Waals surface area contributed by atoms with Crippen LogP contribution in [-0.2, 0) is 4.74 Å². The Morgan fingerprint density at radius 2 is 1.70 bits per heavy atom. The van der Waals surface area contributed by atoms with E-state index in [1.54, 1.807) is 0 Å². The normalized spacial score (nSPS) is 21.8. The molecule has 3 rings (SSSR count). The highest BCUT2D eigenvalue weighted by Crippen LogP contribution is 2.34. The van der Waals surface area contributed by atoms with Crippen molar-refractivity contribution >= 4 is 11.8 Å². The Morgan fingerprint density at radius 1 is 1.04 bits per heavy atom. The summed E-state index contributed by atoms with van der Waals surface area (Å²) in [4.78, 5) is 16.7. The number of amides is 1. The lowest BCUT2D eigenvalue weighted by Gasteiger charge is -2.29. The Hall–Kier alpha value is -1.71. The molecule has 4 nitrogen and oxygen atoms in total. The van der Waals surface area contributed by atoms with Gasteiger partial charge in [0.25, 0.3) is 0 Å². The summed E-state index contributed by atoms with van der Waals surface area (Å²) >= 11 is 0. The summed E-state index contributed by atoms with van der Waals surface area (Å²) in [5.74, 6) is 0. The molecule has 0 radical (unpaired) electrons. The third-order valence-corrected chi connectivity index (χ3v) is 4.63. The SMILES string of the molecule is CC(C)(C)OC(=O)N1CCCC1c1ccc(N2CCCC2)cc1. The van der Waals surface area contributed by atoms with Crippen molar-refractivity contribution in [3.05, 3.63) is 29.8 Å². The lowest BCUT2D eigenvalue weighted by atomic mass is 10.0. The van der Waals surface area contributed by atoms with E-state index in [1.807, 2.05) is 25.7 Å². The van der Waals surface area contributed by atoms with Crippen LogP contribution in [0.4, 0.5) is 10.5 Å². The van der Waals surface area contributed by atoms with E-state index in [2.05, 4.69) is 29.2 Å². The Kier molecular flexibility index (Phi) is 4.51. The van der Waals surface area contributed by atoms with E-state index in [0.717, 1.165) is 32.5 Å². The highest BCUT2D eigenvalue weighted by Gasteiger charge is 2.33. The molecule has 4 heteroatoms. The summed E-state index contributed by atoms with van der Waals surface area (Å²) in [5.41, 5.74) is 2.08. The number of rotatable bonds is 2. The van der Waals surface area contributed by atoms with Gasteiger partial charge in [-0.3, -0.25) is 0 Å². The van der Waals surface area contributed by atoms with E-state index in [-0.39, 0.29) is 12.1 Å². The minimum absolute atomic E-state index is 0.150. The Bertz CT molecular complexity index is 541. The summed E-state index contributed by atoms with van der Waals surface area (Å²) in [6.07, 6.45) is 4.44. The summed E-state index contributed by atoms with van der Waals surface area (Å²) in [6, 6.07) is 8.91. The molecule has 1 amide bonds. The zero-order valence-corrected chi connectivity index (χ0v) is 14.5. The fraction of sp³-hybridized carbons (Fsp3) is 0.632. The maximum absolute atomic E-state index is 12.4. The van der Waals surface area contributed by atoms with E-state index in [1.165, 1.54) is 24.1 Å². The molecular weight excluding hydrogens is 288 g/mol. The van der Waals surface area contributed by atoms with Crippen molar-refractivity contribution in [1.29, 1.82) is 0 Å². The minimum Gasteiger partial charge on any atom is -0.444 e. The van der Waals surface area contributed by atoms with Crippen molar-refractivity contribution < 1.29 is 9.53 Å². The smallest absolute Gasteiger partial charge is 0.410 e. The molecule has 126 valence electrons. The quantitative estimate of drug-likeness (QED) is 0.813. The van der Waals surface area contributed by atoms with Crippen molar-refractivity contribution in [2.75, 3.05) is 24.5 Å². The van der Waals surface area contributed by atoms with Crippen LogP contribution in [0.2, 0.25) is 0 Å². The van der Waals surface area contributed by atoms with Crippen LogP contribution in [-0.4, -0.2) is 36.2 Å². The standard InChI is InChI=1S/C19H28N2O2/c1-19(2,3)23-18(22)21-14-6-7-17(21)15-8-10-16(11-9-15)20-12-4-5-13-20/h8-11,17H,4-7,12-14H2,1-3H3. The number of carbonyl (C=O) groups is 1. The fourth-order valence-corrected chi connectivity index (χ4v) is 3.53. The number of benzene rings is 1. The lowest BCUT2D eigenvalue weighted by Crippen LogP contribution is -2.36. The van der Waals surface area contributed by atoms with E-state index in [9.17, 15) is 4.79 Å². The molecule has 2 saturated heterocycles. The Morgan fingerprint density at radius 3 is 2.30 bits per heavy atom. The van der Waals surface area contributed by atoms with Crippen molar-refractivity contribution in [3.8, 4) is 0 Å². The predicted molar refractivity (Wildman–Crippen MR) is 92.8 cm³/mol. The van der Waals surface area contributed by atoms with Gasteiger partial charge in [0.15, 0.2) is 0 Å². The van der Waals surface area contributed by atoms with Gasteiger partial charge in [-0.25, -0.2) is 4.79 Å². The molecular formula is C19H28N2O2. The molecule has 1 aromatic carbocycles. The average Bonchev–Trinajstić information content (AvgIpc) is 3.17. The molecule has 1 atom stereocenters. The van der Waals surface area contributed by atoms with E-state index in [0.29, 0.717) is 0 Å². The first-order valence-electron chi connectivity index (χ1n) is 8.78. The zero-order valence-electron chi connectivity index (χ0n) is 14.5. The topological polar surface area (TPSA) is 32.8 Å². The van der Waals surface area contributed by atoms with Crippen LogP contribution in [0.25, 0.3) is 0 Å². The van der Waals surface area contributed by atoms with Gasteiger partial charge in [0, 0.05) is 25.3 Å². The number of nitrogens with zero attached hydrogens (tertiary/aromatic N) is 2. The van der Waals surface area contributed by atoms with Crippen LogP contribution in [0.3, 0.4) is 0 Å². The molecule has 2 heterocycles. The highest BCUT2D eigenvalue weighted by molar-refractivity contribution is 5.69. The third-order valence-electron chi connectivity index (χ3n) is 4.63. The average molecular weight is 316 g/mol. The first-order valence-corrected chi connectivity index (χ1v) is 8.78. The van der Waals surface area contributed by atoms with Crippen molar-refractivity contribution in [1.82, 2.24) is 4.90 Å². The summed E-state index contributed by atoms with van der Waals surface area (Å²) < 4.78 is 5.56. The molecule has 2 aliphatic rings. The van der Waals surface area contributed by atoms with Gasteiger partial charge in [-0.15, -0.1) is 0 Å². The summed E-state index contributed by atoms with van der Waals surface area (Å²) in [5, 5.41) is 0. The number of ether oxygens (including phenoxy) is 1. The van der Waals surface area contributed by atoms with E-state index >= 15 is 0 Å². The van der Waals surface area contributed by atoms with Crippen LogP contribution < -0.4 is 4.90 Å². The van der Waals surface area contributed by atoms with Crippen molar-refractivity contribution in [3.63, 3.8) is 0 Å². The van der Waals surface area contributed by atoms with Crippen LogP contribution in [0.1, 0.15) is 58.1 Å². The molecule has 0 bridgehead atoms. The number of carbonyl (C=O) groups excluding carboxylic acids is 1. The first-order chi connectivity index (χ1) is 10.9. The lowest BCUT2D eigenvalue weighted by molar-refractivity contribution is 0.0224. The highest BCUT2D eigenvalue weighted by atomic mass is 16.6. The van der Waals surface area contributed by atoms with Gasteiger partial charge in [-0.1, -0.05) is 12.1 Å². The number of hydrogen-bond donors (Lipinski definition) is 0. The van der Waals surface area contributed by atoms with Crippen LogP contribution in [0.5, 0.6) is 0 Å². The molecule has 1 unspecified atom stereocenters. The second-order valence-corrected chi connectivity index (χ2v) is 7.62. The van der Waals surface area contributed by atoms with Gasteiger partial charge < -0.3 is 14.5 Å². The third kappa shape index (κ3) is 3.80. The second kappa shape index (κ2) is 6.42. The van der Waals surface area contributed by atoms with Gasteiger partial charge >= 0.3 is 6.09 Å². The first kappa shape index (κ1) is 16.2. The molecule has 23 heavy (non-hydrogen) atoms. The largest absolute Gasteiger partial charge is 0.444 e. The zero-order chi connectivity index (χ0) is 16.4. The summed E-state index contributed by atoms with van der Waals surface area (Å²) in [6.45, 7) is 8.86. The maximum Gasteiger partial charge on any atom is 0.410 e. The van der Waals surface area contributed by atoms with Crippen LogP contribution in [0.15, 0.2) is 24.3 Å². The monoisotopic (exact) mass is 316 g/mol. The van der Waals surface area contributed by atoms with Crippen molar-refractivity contribution in [2.45, 2.75) is 58.1 Å². The molecule has 0 N–H and O–H groups in total. The molecule has 1 aromatic rings. The number of hydrogen-bond acceptors (Lipinski definition) is 3. The van der Waals surface area contributed by atoms with Crippen molar-refractivity contribution in [2.24, 2.45) is 0 Å². The fourth-order valence-electron chi connectivity index (χ4n) is 3.53. The number of likely N-dealkylation sites (tertiary alicyclic amines) is 1. The van der Waals surface area contributed by atoms with Crippen LogP contribution in [0, 0.1) is 0 Å². The molecule has 0 aliphatic carbocycles. The summed E-state index contributed by atoms with van der Waals surface area (Å²) in [7, 11) is 0. The van der Waals surface area contributed by atoms with Gasteiger partial charge in [0.05, 0.1) is 6.04 Å². The molecule has 2 aliphatic heterocycles. The second-order valence-electron chi connectivity index (χ2n) is 7.62. The van der Waals surface area contributed by atoms with Gasteiger partial charge in [-0.2, -0.15) is 0 Å². The Labute approximate surface area is 139 Å². The number of anilines is 1.